The number of fused-ring (bicyclic) bond motifs is 2. The second-order valence-corrected chi connectivity index (χ2v) is 7.55. The average Bonchev–Trinajstić information content (AvgIpc) is 2.79. The van der Waals surface area contributed by atoms with Crippen molar-refractivity contribution in [2.45, 2.75) is 23.1 Å². The maximum Gasteiger partial charge on any atom is 0.259 e. The Morgan fingerprint density at radius 1 is 1.22 bits per heavy atom. The fourth-order valence-corrected chi connectivity index (χ4v) is 4.39. The first-order valence-corrected chi connectivity index (χ1v) is 9.73. The minimum absolute atomic E-state index is 0.234. The highest BCUT2D eigenvalue weighted by Gasteiger charge is 2.30. The number of carbonyl (C=O) groups excluding carboxylic acids is 2. The molecule has 27 heavy (non-hydrogen) atoms. The van der Waals surface area contributed by atoms with Crippen molar-refractivity contribution in [3.05, 3.63) is 53.6 Å². The van der Waals surface area contributed by atoms with Gasteiger partial charge in [0.05, 0.1) is 44.3 Å². The van der Waals surface area contributed by atoms with Crippen LogP contribution in [0.3, 0.4) is 0 Å². The van der Waals surface area contributed by atoms with Gasteiger partial charge in [-0.15, -0.1) is 0 Å². The highest BCUT2D eigenvalue weighted by molar-refractivity contribution is 7.85. The lowest BCUT2D eigenvalue weighted by Crippen LogP contribution is -2.31. The van der Waals surface area contributed by atoms with Crippen LogP contribution in [0.5, 0.6) is 0 Å². The Labute approximate surface area is 160 Å². The molecule has 2 aromatic carbocycles. The molecule has 0 saturated carbocycles. The van der Waals surface area contributed by atoms with Gasteiger partial charge in [0, 0.05) is 25.7 Å². The first-order chi connectivity index (χ1) is 13.0. The number of benzene rings is 2. The quantitative estimate of drug-likeness (QED) is 0.815. The van der Waals surface area contributed by atoms with Crippen LogP contribution in [0.4, 0.5) is 5.69 Å². The first kappa shape index (κ1) is 18.8. The molecule has 1 heterocycles. The largest absolute Gasteiger partial charge is 0.341 e. The molecule has 3 rings (SSSR count). The monoisotopic (exact) mass is 381 g/mol. The van der Waals surface area contributed by atoms with Crippen molar-refractivity contribution in [3.63, 3.8) is 0 Å². The molecule has 0 aliphatic carbocycles. The highest BCUT2D eigenvalue weighted by atomic mass is 32.2. The van der Waals surface area contributed by atoms with E-state index in [1.807, 2.05) is 13.0 Å². The lowest BCUT2D eigenvalue weighted by Gasteiger charge is -2.22. The Morgan fingerprint density at radius 2 is 1.96 bits per heavy atom. The summed E-state index contributed by atoms with van der Waals surface area (Å²) in [4.78, 5) is 29.6. The molecule has 1 aliphatic rings. The van der Waals surface area contributed by atoms with Crippen molar-refractivity contribution in [2.24, 2.45) is 0 Å². The molecule has 0 spiro atoms. The van der Waals surface area contributed by atoms with Gasteiger partial charge in [0.15, 0.2) is 0 Å². The van der Waals surface area contributed by atoms with Gasteiger partial charge in [-0.2, -0.15) is 5.26 Å². The van der Waals surface area contributed by atoms with Crippen LogP contribution in [0.25, 0.3) is 0 Å². The minimum atomic E-state index is -1.52. The summed E-state index contributed by atoms with van der Waals surface area (Å²) < 4.78 is 13.1. The number of nitrogens with zero attached hydrogens (tertiary/aromatic N) is 3. The lowest BCUT2D eigenvalue weighted by atomic mass is 10.1. The Morgan fingerprint density at radius 3 is 2.67 bits per heavy atom. The van der Waals surface area contributed by atoms with Gasteiger partial charge in [-0.1, -0.05) is 12.1 Å². The van der Waals surface area contributed by atoms with E-state index in [1.54, 1.807) is 54.4 Å². The molecule has 138 valence electrons. The third kappa shape index (κ3) is 3.36. The van der Waals surface area contributed by atoms with Crippen molar-refractivity contribution < 1.29 is 13.8 Å². The number of amides is 2. The van der Waals surface area contributed by atoms with E-state index >= 15 is 0 Å². The number of hydrogen-bond donors (Lipinski definition) is 0. The lowest BCUT2D eigenvalue weighted by molar-refractivity contribution is 0.0797. The van der Waals surface area contributed by atoms with Crippen LogP contribution in [-0.4, -0.2) is 41.1 Å². The highest BCUT2D eigenvalue weighted by Crippen LogP contribution is 2.35. The Balaban J connectivity index is 2.09. The van der Waals surface area contributed by atoms with Crippen molar-refractivity contribution in [3.8, 4) is 6.07 Å². The first-order valence-electron chi connectivity index (χ1n) is 8.58. The SMILES string of the molecule is CCN1C(=O)c2ccccc2[S@](=O)c2ccc(C(=O)N(C)CCC#N)cc21. The summed E-state index contributed by atoms with van der Waals surface area (Å²) in [6, 6.07) is 13.8. The van der Waals surface area contributed by atoms with E-state index < -0.39 is 10.8 Å². The van der Waals surface area contributed by atoms with Crippen LogP contribution in [-0.2, 0) is 10.8 Å². The van der Waals surface area contributed by atoms with Crippen LogP contribution in [0.2, 0.25) is 0 Å². The van der Waals surface area contributed by atoms with Crippen molar-refractivity contribution in [2.75, 3.05) is 25.0 Å². The number of hydrogen-bond acceptors (Lipinski definition) is 4. The summed E-state index contributed by atoms with van der Waals surface area (Å²) in [5.41, 5.74) is 1.29. The van der Waals surface area contributed by atoms with Crippen LogP contribution >= 0.6 is 0 Å². The van der Waals surface area contributed by atoms with Gasteiger partial charge in [-0.25, -0.2) is 4.21 Å². The summed E-state index contributed by atoms with van der Waals surface area (Å²) in [7, 11) is 0.109. The number of carbonyl (C=O) groups is 2. The maximum atomic E-state index is 13.1. The zero-order valence-electron chi connectivity index (χ0n) is 15.1. The Kier molecular flexibility index (Phi) is 5.38. The standard InChI is InChI=1S/C20H19N3O3S/c1-3-23-16-13-14(19(24)22(2)12-6-11-21)9-10-18(16)27(26)17-8-5-4-7-15(17)20(23)25/h4-5,7-10,13H,3,6,12H2,1-2H3/t27-/m0/s1. The van der Waals surface area contributed by atoms with Crippen LogP contribution < -0.4 is 4.90 Å². The van der Waals surface area contributed by atoms with E-state index in [2.05, 4.69) is 0 Å². The summed E-state index contributed by atoms with van der Waals surface area (Å²) in [5, 5.41) is 8.70. The number of anilines is 1. The van der Waals surface area contributed by atoms with Gasteiger partial charge in [0.2, 0.25) is 0 Å². The molecule has 0 saturated heterocycles. The van der Waals surface area contributed by atoms with Crippen molar-refractivity contribution >= 4 is 28.3 Å². The Hall–Kier alpha value is -2.98. The normalized spacial score (nSPS) is 15.4. The summed E-state index contributed by atoms with van der Waals surface area (Å²) in [5.74, 6) is -0.480. The molecule has 0 aromatic heterocycles. The van der Waals surface area contributed by atoms with E-state index in [0.29, 0.717) is 39.7 Å². The van der Waals surface area contributed by atoms with Gasteiger partial charge < -0.3 is 9.80 Å². The zero-order chi connectivity index (χ0) is 19.6. The van der Waals surface area contributed by atoms with Gasteiger partial charge >= 0.3 is 0 Å². The molecule has 0 radical (unpaired) electrons. The van der Waals surface area contributed by atoms with Crippen molar-refractivity contribution in [1.82, 2.24) is 4.90 Å². The molecule has 0 unspecified atom stereocenters. The van der Waals surface area contributed by atoms with Crippen LogP contribution in [0.1, 0.15) is 34.1 Å². The maximum absolute atomic E-state index is 13.1. The molecule has 1 atom stereocenters. The zero-order valence-corrected chi connectivity index (χ0v) is 16.0. The summed E-state index contributed by atoms with van der Waals surface area (Å²) in [6.07, 6.45) is 0.242. The molecule has 2 aromatic rings. The fourth-order valence-electron chi connectivity index (χ4n) is 3.05. The van der Waals surface area contributed by atoms with E-state index in [-0.39, 0.29) is 18.2 Å². The number of nitriles is 1. The van der Waals surface area contributed by atoms with Gasteiger partial charge in [-0.05, 0) is 37.3 Å². The smallest absolute Gasteiger partial charge is 0.259 e. The summed E-state index contributed by atoms with van der Waals surface area (Å²) >= 11 is 0. The molecule has 2 amide bonds. The Bertz CT molecular complexity index is 981. The van der Waals surface area contributed by atoms with Gasteiger partial charge in [0.1, 0.15) is 0 Å². The molecule has 7 heteroatoms. The molecular formula is C20H19N3O3S. The third-order valence-corrected chi connectivity index (χ3v) is 5.98. The topological polar surface area (TPSA) is 81.5 Å². The second kappa shape index (κ2) is 7.72. The van der Waals surface area contributed by atoms with Gasteiger partial charge in [-0.3, -0.25) is 9.59 Å². The number of rotatable bonds is 4. The summed E-state index contributed by atoms with van der Waals surface area (Å²) in [6.45, 7) is 2.55. The molecule has 0 bridgehead atoms. The van der Waals surface area contributed by atoms with Crippen LogP contribution in [0, 0.1) is 11.3 Å². The minimum Gasteiger partial charge on any atom is -0.341 e. The van der Waals surface area contributed by atoms with E-state index in [4.69, 9.17) is 5.26 Å². The van der Waals surface area contributed by atoms with Gasteiger partial charge in [0.25, 0.3) is 11.8 Å². The van der Waals surface area contributed by atoms with Crippen LogP contribution in [0.15, 0.2) is 52.3 Å². The van der Waals surface area contributed by atoms with E-state index in [0.717, 1.165) is 0 Å². The second-order valence-electron chi connectivity index (χ2n) is 6.13. The molecule has 1 aliphatic heterocycles. The molecular weight excluding hydrogens is 362 g/mol. The fraction of sp³-hybridized carbons (Fsp3) is 0.250. The molecule has 6 nitrogen and oxygen atoms in total. The molecule has 0 N–H and O–H groups in total. The predicted molar refractivity (Wildman–Crippen MR) is 102 cm³/mol. The van der Waals surface area contributed by atoms with E-state index in [9.17, 15) is 13.8 Å². The predicted octanol–water partition coefficient (Wildman–Crippen LogP) is 2.82. The molecule has 0 fully saturated rings. The average molecular weight is 381 g/mol. The van der Waals surface area contributed by atoms with Crippen molar-refractivity contribution in [1.29, 1.82) is 5.26 Å². The third-order valence-electron chi connectivity index (χ3n) is 4.48. The van der Waals surface area contributed by atoms with E-state index in [1.165, 1.54) is 4.90 Å².